The molecule has 2 aliphatic rings. The molecule has 1 aliphatic heterocycles. The highest BCUT2D eigenvalue weighted by molar-refractivity contribution is 5.95. The zero-order valence-electron chi connectivity index (χ0n) is 17.8. The first-order valence-corrected chi connectivity index (χ1v) is 10.8. The Balaban J connectivity index is 1.66. The van der Waals surface area contributed by atoms with Crippen LogP contribution in [0.15, 0.2) is 12.1 Å². The van der Waals surface area contributed by atoms with Gasteiger partial charge in [-0.2, -0.15) is 0 Å². The molecule has 1 atom stereocenters. The van der Waals surface area contributed by atoms with Gasteiger partial charge in [0.1, 0.15) is 6.10 Å². The number of carbonyl (C=O) groups excluding carboxylic acids is 1. The van der Waals surface area contributed by atoms with E-state index in [1.165, 1.54) is 6.42 Å². The van der Waals surface area contributed by atoms with Crippen LogP contribution in [0.3, 0.4) is 0 Å². The summed E-state index contributed by atoms with van der Waals surface area (Å²) in [6.07, 6.45) is 5.24. The molecule has 0 aromatic heterocycles. The van der Waals surface area contributed by atoms with Crippen LogP contribution in [0.5, 0.6) is 17.2 Å². The van der Waals surface area contributed by atoms with Gasteiger partial charge in [0.2, 0.25) is 5.75 Å². The summed E-state index contributed by atoms with van der Waals surface area (Å²) >= 11 is 0. The third-order valence-corrected chi connectivity index (χ3v) is 5.19. The Bertz CT molecular complexity index is 659. The number of rotatable bonds is 9. The van der Waals surface area contributed by atoms with E-state index in [0.29, 0.717) is 55.8 Å². The fourth-order valence-corrected chi connectivity index (χ4v) is 3.90. The van der Waals surface area contributed by atoms with Gasteiger partial charge in [-0.1, -0.05) is 6.42 Å². The maximum Gasteiger partial charge on any atom is 0.251 e. The van der Waals surface area contributed by atoms with Crippen molar-refractivity contribution in [3.05, 3.63) is 17.7 Å². The number of hydrogen-bond acceptors (Lipinski definition) is 6. The molecule has 1 saturated carbocycles. The van der Waals surface area contributed by atoms with E-state index in [1.54, 1.807) is 12.1 Å². The van der Waals surface area contributed by atoms with Crippen molar-refractivity contribution in [2.75, 3.05) is 33.0 Å². The van der Waals surface area contributed by atoms with Gasteiger partial charge in [0.25, 0.3) is 5.91 Å². The van der Waals surface area contributed by atoms with Crippen molar-refractivity contribution in [1.29, 1.82) is 0 Å². The zero-order valence-corrected chi connectivity index (χ0v) is 17.8. The fourth-order valence-electron chi connectivity index (χ4n) is 3.90. The van der Waals surface area contributed by atoms with Gasteiger partial charge >= 0.3 is 0 Å². The molecule has 1 heterocycles. The maximum atomic E-state index is 12.8. The first-order valence-electron chi connectivity index (χ1n) is 10.8. The third kappa shape index (κ3) is 5.34. The quantitative estimate of drug-likeness (QED) is 0.673. The van der Waals surface area contributed by atoms with Crippen molar-refractivity contribution < 1.29 is 28.5 Å². The summed E-state index contributed by atoms with van der Waals surface area (Å²) in [4.78, 5) is 12.8. The van der Waals surface area contributed by atoms with E-state index in [-0.39, 0.29) is 12.0 Å². The highest BCUT2D eigenvalue weighted by atomic mass is 16.7. The Kier molecular flexibility index (Phi) is 7.61. The van der Waals surface area contributed by atoms with Crippen molar-refractivity contribution in [2.24, 2.45) is 0 Å². The molecule has 1 spiro atoms. The molecule has 1 aromatic rings. The van der Waals surface area contributed by atoms with Gasteiger partial charge in [0.15, 0.2) is 17.3 Å². The average Bonchev–Trinajstić information content (AvgIpc) is 3.11. The van der Waals surface area contributed by atoms with Crippen molar-refractivity contribution in [3.63, 3.8) is 0 Å². The second kappa shape index (κ2) is 10.2. The van der Waals surface area contributed by atoms with Gasteiger partial charge in [0, 0.05) is 24.9 Å². The summed E-state index contributed by atoms with van der Waals surface area (Å²) in [5, 5.41) is 2.96. The second-order valence-electron chi connectivity index (χ2n) is 7.33. The summed E-state index contributed by atoms with van der Waals surface area (Å²) in [5.74, 6) is 0.902. The number of nitrogens with one attached hydrogen (secondary N) is 1. The minimum Gasteiger partial charge on any atom is -0.490 e. The monoisotopic (exact) mass is 407 g/mol. The van der Waals surface area contributed by atoms with Crippen LogP contribution in [0, 0.1) is 0 Å². The molecule has 1 aliphatic carbocycles. The Morgan fingerprint density at radius 3 is 2.24 bits per heavy atom. The normalized spacial score (nSPS) is 20.4. The van der Waals surface area contributed by atoms with E-state index in [2.05, 4.69) is 5.32 Å². The van der Waals surface area contributed by atoms with E-state index in [9.17, 15) is 4.79 Å². The highest BCUT2D eigenvalue weighted by Gasteiger charge is 2.42. The molecule has 1 unspecified atom stereocenters. The van der Waals surface area contributed by atoms with Gasteiger partial charge < -0.3 is 29.0 Å². The molecule has 3 rings (SSSR count). The first kappa shape index (κ1) is 21.7. The molecule has 1 amide bonds. The lowest BCUT2D eigenvalue weighted by molar-refractivity contribution is -0.186. The summed E-state index contributed by atoms with van der Waals surface area (Å²) in [7, 11) is 0. The molecule has 162 valence electrons. The predicted molar refractivity (Wildman–Crippen MR) is 109 cm³/mol. The lowest BCUT2D eigenvalue weighted by Crippen LogP contribution is -2.37. The first-order chi connectivity index (χ1) is 14.1. The molecule has 7 nitrogen and oxygen atoms in total. The zero-order chi connectivity index (χ0) is 20.7. The van der Waals surface area contributed by atoms with Crippen molar-refractivity contribution >= 4 is 5.91 Å². The lowest BCUT2D eigenvalue weighted by atomic mass is 9.94. The SMILES string of the molecule is CCOc1cc(C(=O)NCC2COC3(CCCCC3)O2)cc(OCC)c1OCC. The van der Waals surface area contributed by atoms with E-state index in [0.717, 1.165) is 25.7 Å². The fraction of sp³-hybridized carbons (Fsp3) is 0.682. The molecule has 7 heteroatoms. The van der Waals surface area contributed by atoms with Crippen LogP contribution in [-0.2, 0) is 9.47 Å². The molecule has 1 saturated heterocycles. The number of hydrogen-bond donors (Lipinski definition) is 1. The molecular formula is C22H33NO6. The van der Waals surface area contributed by atoms with Crippen LogP contribution in [0.2, 0.25) is 0 Å². The molecule has 1 aromatic carbocycles. The number of benzene rings is 1. The minimum absolute atomic E-state index is 0.127. The average molecular weight is 408 g/mol. The lowest BCUT2D eigenvalue weighted by Gasteiger charge is -2.31. The Hall–Kier alpha value is -1.99. The van der Waals surface area contributed by atoms with Crippen molar-refractivity contribution in [1.82, 2.24) is 5.32 Å². The summed E-state index contributed by atoms with van der Waals surface area (Å²) in [6.45, 7) is 8.00. The summed E-state index contributed by atoms with van der Waals surface area (Å²) in [5.41, 5.74) is 0.464. The highest BCUT2D eigenvalue weighted by Crippen LogP contribution is 2.39. The van der Waals surface area contributed by atoms with Gasteiger partial charge in [-0.15, -0.1) is 0 Å². The molecule has 2 fully saturated rings. The van der Waals surface area contributed by atoms with Crippen molar-refractivity contribution in [2.45, 2.75) is 64.8 Å². The Morgan fingerprint density at radius 1 is 1.03 bits per heavy atom. The molecule has 1 N–H and O–H groups in total. The van der Waals surface area contributed by atoms with Gasteiger partial charge in [-0.05, 0) is 45.7 Å². The Morgan fingerprint density at radius 2 is 1.66 bits per heavy atom. The largest absolute Gasteiger partial charge is 0.490 e. The van der Waals surface area contributed by atoms with E-state index in [4.69, 9.17) is 23.7 Å². The Labute approximate surface area is 173 Å². The third-order valence-electron chi connectivity index (χ3n) is 5.19. The van der Waals surface area contributed by atoms with E-state index in [1.807, 2.05) is 20.8 Å². The molecule has 0 bridgehead atoms. The van der Waals surface area contributed by atoms with E-state index >= 15 is 0 Å². The maximum absolute atomic E-state index is 12.8. The van der Waals surface area contributed by atoms with Crippen LogP contribution in [0.25, 0.3) is 0 Å². The summed E-state index contributed by atoms with van der Waals surface area (Å²) < 4.78 is 29.2. The van der Waals surface area contributed by atoms with Crippen molar-refractivity contribution in [3.8, 4) is 17.2 Å². The van der Waals surface area contributed by atoms with Crippen LogP contribution in [-0.4, -0.2) is 50.8 Å². The van der Waals surface area contributed by atoms with E-state index < -0.39 is 5.79 Å². The topological polar surface area (TPSA) is 75.3 Å². The number of ether oxygens (including phenoxy) is 5. The molecular weight excluding hydrogens is 374 g/mol. The van der Waals surface area contributed by atoms with Crippen LogP contribution in [0.4, 0.5) is 0 Å². The van der Waals surface area contributed by atoms with Crippen LogP contribution < -0.4 is 19.5 Å². The molecule has 0 radical (unpaired) electrons. The minimum atomic E-state index is -0.433. The van der Waals surface area contributed by atoms with Crippen LogP contribution >= 0.6 is 0 Å². The molecule has 29 heavy (non-hydrogen) atoms. The second-order valence-corrected chi connectivity index (χ2v) is 7.33. The van der Waals surface area contributed by atoms with Gasteiger partial charge in [-0.3, -0.25) is 4.79 Å². The number of amides is 1. The van der Waals surface area contributed by atoms with Crippen LogP contribution in [0.1, 0.15) is 63.2 Å². The predicted octanol–water partition coefficient (Wildman–Crippen LogP) is 3.69. The summed E-state index contributed by atoms with van der Waals surface area (Å²) in [6, 6.07) is 3.39. The van der Waals surface area contributed by atoms with Gasteiger partial charge in [-0.25, -0.2) is 0 Å². The smallest absolute Gasteiger partial charge is 0.251 e. The number of carbonyl (C=O) groups is 1. The van der Waals surface area contributed by atoms with Gasteiger partial charge in [0.05, 0.1) is 26.4 Å². The standard InChI is InChI=1S/C22H33NO6/c1-4-25-18-12-16(13-19(26-5-2)20(18)27-6-3)21(24)23-14-17-15-28-22(29-17)10-8-7-9-11-22/h12-13,17H,4-11,14-15H2,1-3H3,(H,23,24).